The summed E-state index contributed by atoms with van der Waals surface area (Å²) in [4.78, 5) is 12.3. The molecule has 0 aliphatic carbocycles. The lowest BCUT2D eigenvalue weighted by atomic mass is 10.2. The third-order valence-corrected chi connectivity index (χ3v) is 4.25. The highest BCUT2D eigenvalue weighted by Gasteiger charge is 2.33. The maximum atomic E-state index is 12.3. The van der Waals surface area contributed by atoms with Crippen molar-refractivity contribution in [1.82, 2.24) is 10.6 Å². The minimum atomic E-state index is -1.68. The predicted molar refractivity (Wildman–Crippen MR) is 99.0 cm³/mol. The molecule has 122 valence electrons. The summed E-state index contributed by atoms with van der Waals surface area (Å²) in [6.07, 6.45) is -0.830. The van der Waals surface area contributed by atoms with Gasteiger partial charge in [0, 0.05) is 16.6 Å². The van der Waals surface area contributed by atoms with Crippen molar-refractivity contribution in [2.45, 2.75) is 16.5 Å². The van der Waals surface area contributed by atoms with Crippen LogP contribution in [-0.4, -0.2) is 15.9 Å². The number of carbonyl (C=O) groups is 1. The molecule has 0 heterocycles. The molecule has 23 heavy (non-hydrogen) atoms. The molecule has 0 saturated heterocycles. The summed E-state index contributed by atoms with van der Waals surface area (Å²) in [5.74, 6) is -0.325. The zero-order chi connectivity index (χ0) is 16.9. The molecule has 0 radical (unpaired) electrons. The second-order valence-corrected chi connectivity index (χ2v) is 8.11. The predicted octanol–water partition coefficient (Wildman–Crippen LogP) is 4.67. The fourth-order valence-electron chi connectivity index (χ4n) is 1.88. The lowest BCUT2D eigenvalue weighted by molar-refractivity contribution is 0.0929. The van der Waals surface area contributed by atoms with Gasteiger partial charge in [0.2, 0.25) is 3.79 Å². The van der Waals surface area contributed by atoms with Crippen LogP contribution in [0.1, 0.15) is 15.9 Å². The number of benzene rings is 2. The quantitative estimate of drug-likeness (QED) is 0.529. The van der Waals surface area contributed by atoms with Crippen molar-refractivity contribution < 1.29 is 4.79 Å². The van der Waals surface area contributed by atoms with E-state index in [4.69, 9.17) is 34.8 Å². The largest absolute Gasteiger partial charge is 0.333 e. The van der Waals surface area contributed by atoms with E-state index in [1.54, 1.807) is 24.3 Å². The molecule has 2 rings (SSSR count). The molecule has 0 fully saturated rings. The first-order valence-electron chi connectivity index (χ1n) is 6.77. The van der Waals surface area contributed by atoms with Gasteiger partial charge in [-0.3, -0.25) is 10.1 Å². The van der Waals surface area contributed by atoms with Gasteiger partial charge in [-0.1, -0.05) is 81.1 Å². The van der Waals surface area contributed by atoms with E-state index in [-0.39, 0.29) is 5.91 Å². The molecular formula is C16H14BrCl3N2O. The monoisotopic (exact) mass is 434 g/mol. The summed E-state index contributed by atoms with van der Waals surface area (Å²) in [6.45, 7) is 0.458. The SMILES string of the molecule is O=C(NC(NCc1ccccc1)C(Cl)(Cl)Cl)c1ccc(Br)cc1. The van der Waals surface area contributed by atoms with Crippen LogP contribution in [0, 0.1) is 0 Å². The fourth-order valence-corrected chi connectivity index (χ4v) is 2.54. The van der Waals surface area contributed by atoms with E-state index in [2.05, 4.69) is 26.6 Å². The summed E-state index contributed by atoms with van der Waals surface area (Å²) < 4.78 is -0.797. The first kappa shape index (κ1) is 18.6. The van der Waals surface area contributed by atoms with Gasteiger partial charge < -0.3 is 5.32 Å². The molecule has 0 aromatic heterocycles. The number of amides is 1. The molecular weight excluding hydrogens is 422 g/mol. The molecule has 0 bridgehead atoms. The Labute approximate surface area is 158 Å². The van der Waals surface area contributed by atoms with Crippen LogP contribution in [-0.2, 0) is 6.54 Å². The Morgan fingerprint density at radius 2 is 1.65 bits per heavy atom. The third-order valence-electron chi connectivity index (χ3n) is 3.06. The number of hydrogen-bond donors (Lipinski definition) is 2. The fraction of sp³-hybridized carbons (Fsp3) is 0.188. The Bertz CT molecular complexity index is 645. The highest BCUT2D eigenvalue weighted by Crippen LogP contribution is 2.29. The Kier molecular flexibility index (Phi) is 6.74. The molecule has 2 N–H and O–H groups in total. The van der Waals surface area contributed by atoms with Crippen LogP contribution in [0.5, 0.6) is 0 Å². The Morgan fingerprint density at radius 3 is 2.22 bits per heavy atom. The number of rotatable bonds is 5. The number of halogens is 4. The molecule has 0 aliphatic heterocycles. The summed E-state index contributed by atoms with van der Waals surface area (Å²) in [7, 11) is 0. The zero-order valence-corrected chi connectivity index (χ0v) is 15.8. The lowest BCUT2D eigenvalue weighted by Crippen LogP contribution is -2.53. The van der Waals surface area contributed by atoms with Crippen molar-refractivity contribution in [2.24, 2.45) is 0 Å². The number of carbonyl (C=O) groups excluding carboxylic acids is 1. The standard InChI is InChI=1S/C16H14BrCl3N2O/c17-13-8-6-12(7-9-13)14(23)22-15(16(18,19)20)21-10-11-4-2-1-3-5-11/h1-9,15,21H,10H2,(H,22,23). The van der Waals surface area contributed by atoms with Crippen LogP contribution >= 0.6 is 50.7 Å². The molecule has 0 aliphatic rings. The second kappa shape index (κ2) is 8.36. The Balaban J connectivity index is 2.04. The maximum Gasteiger partial charge on any atom is 0.252 e. The first-order chi connectivity index (χ1) is 10.9. The van der Waals surface area contributed by atoms with Gasteiger partial charge >= 0.3 is 0 Å². The molecule has 1 amide bonds. The van der Waals surface area contributed by atoms with Crippen LogP contribution in [0.2, 0.25) is 0 Å². The molecule has 7 heteroatoms. The van der Waals surface area contributed by atoms with E-state index >= 15 is 0 Å². The van der Waals surface area contributed by atoms with Gasteiger partial charge in [0.1, 0.15) is 6.17 Å². The van der Waals surface area contributed by atoms with Crippen molar-refractivity contribution in [1.29, 1.82) is 0 Å². The summed E-state index contributed by atoms with van der Waals surface area (Å²) in [5.41, 5.74) is 1.50. The van der Waals surface area contributed by atoms with Gasteiger partial charge in [-0.15, -0.1) is 0 Å². The van der Waals surface area contributed by atoms with Crippen LogP contribution < -0.4 is 10.6 Å². The van der Waals surface area contributed by atoms with Crippen molar-refractivity contribution in [3.05, 3.63) is 70.2 Å². The van der Waals surface area contributed by atoms with Crippen molar-refractivity contribution >= 4 is 56.6 Å². The number of alkyl halides is 3. The Morgan fingerprint density at radius 1 is 1.04 bits per heavy atom. The van der Waals surface area contributed by atoms with Gasteiger partial charge in [0.05, 0.1) is 0 Å². The minimum Gasteiger partial charge on any atom is -0.333 e. The van der Waals surface area contributed by atoms with Crippen LogP contribution in [0.25, 0.3) is 0 Å². The zero-order valence-electron chi connectivity index (χ0n) is 11.9. The normalized spacial score (nSPS) is 12.7. The highest BCUT2D eigenvalue weighted by atomic mass is 79.9. The average molecular weight is 437 g/mol. The van der Waals surface area contributed by atoms with Gasteiger partial charge in [-0.05, 0) is 29.8 Å². The van der Waals surface area contributed by atoms with E-state index in [1.165, 1.54) is 0 Å². The van der Waals surface area contributed by atoms with Crippen molar-refractivity contribution in [2.75, 3.05) is 0 Å². The minimum absolute atomic E-state index is 0.325. The van der Waals surface area contributed by atoms with Gasteiger partial charge in [0.25, 0.3) is 5.91 Å². The maximum absolute atomic E-state index is 12.3. The smallest absolute Gasteiger partial charge is 0.252 e. The first-order valence-corrected chi connectivity index (χ1v) is 8.69. The van der Waals surface area contributed by atoms with Crippen LogP contribution in [0.15, 0.2) is 59.1 Å². The van der Waals surface area contributed by atoms with E-state index in [0.29, 0.717) is 12.1 Å². The molecule has 0 saturated carbocycles. The highest BCUT2D eigenvalue weighted by molar-refractivity contribution is 9.10. The van der Waals surface area contributed by atoms with E-state index in [0.717, 1.165) is 10.0 Å². The van der Waals surface area contributed by atoms with Crippen molar-refractivity contribution in [3.8, 4) is 0 Å². The summed E-state index contributed by atoms with van der Waals surface area (Å²) >= 11 is 21.2. The molecule has 2 aromatic rings. The van der Waals surface area contributed by atoms with Gasteiger partial charge in [-0.2, -0.15) is 0 Å². The number of nitrogens with one attached hydrogen (secondary N) is 2. The van der Waals surface area contributed by atoms with E-state index in [1.807, 2.05) is 30.3 Å². The summed E-state index contributed by atoms with van der Waals surface area (Å²) in [5, 5.41) is 5.75. The second-order valence-electron chi connectivity index (χ2n) is 4.82. The van der Waals surface area contributed by atoms with Gasteiger partial charge in [0.15, 0.2) is 0 Å². The molecule has 0 spiro atoms. The topological polar surface area (TPSA) is 41.1 Å². The molecule has 2 aromatic carbocycles. The number of hydrogen-bond acceptors (Lipinski definition) is 2. The molecule has 1 atom stereocenters. The summed E-state index contributed by atoms with van der Waals surface area (Å²) in [6, 6.07) is 16.6. The molecule has 3 nitrogen and oxygen atoms in total. The third kappa shape index (κ3) is 5.98. The average Bonchev–Trinajstić information content (AvgIpc) is 2.51. The van der Waals surface area contributed by atoms with E-state index in [9.17, 15) is 4.79 Å². The van der Waals surface area contributed by atoms with Crippen LogP contribution in [0.4, 0.5) is 0 Å². The van der Waals surface area contributed by atoms with E-state index < -0.39 is 9.96 Å². The van der Waals surface area contributed by atoms with Gasteiger partial charge in [-0.25, -0.2) is 0 Å². The molecule has 1 unspecified atom stereocenters. The van der Waals surface area contributed by atoms with Crippen molar-refractivity contribution in [3.63, 3.8) is 0 Å². The lowest BCUT2D eigenvalue weighted by Gasteiger charge is -2.26. The van der Waals surface area contributed by atoms with Crippen LogP contribution in [0.3, 0.4) is 0 Å². The Hall–Kier alpha value is -0.780.